The molecule has 3 heterocycles. The Bertz CT molecular complexity index is 1820. The van der Waals surface area contributed by atoms with Crippen LogP contribution >= 0.6 is 15.9 Å². The maximum Gasteiger partial charge on any atom is 0.264 e. The fraction of sp³-hybridized carbons (Fsp3) is 0.188. The quantitative estimate of drug-likeness (QED) is 0.268. The molecule has 214 valence electrons. The van der Waals surface area contributed by atoms with E-state index in [2.05, 4.69) is 38.4 Å². The minimum atomic E-state index is -1.00. The molecule has 43 heavy (non-hydrogen) atoms. The first-order valence-corrected chi connectivity index (χ1v) is 14.5. The average molecular weight is 637 g/mol. The van der Waals surface area contributed by atoms with Gasteiger partial charge in [-0.3, -0.25) is 19.4 Å². The Morgan fingerprint density at radius 3 is 2.42 bits per heavy atom. The number of carbonyl (C=O) groups excluding carboxylic acids is 3. The van der Waals surface area contributed by atoms with Crippen molar-refractivity contribution in [1.29, 1.82) is 0 Å². The fourth-order valence-corrected chi connectivity index (χ4v) is 6.04. The van der Waals surface area contributed by atoms with E-state index in [1.165, 1.54) is 10.0 Å². The highest BCUT2D eigenvalue weighted by atomic mass is 79.9. The van der Waals surface area contributed by atoms with E-state index in [1.807, 2.05) is 54.6 Å². The molecule has 0 bridgehead atoms. The molecule has 7 rings (SSSR count). The van der Waals surface area contributed by atoms with E-state index in [0.717, 1.165) is 37.0 Å². The number of rotatable bonds is 6. The van der Waals surface area contributed by atoms with Gasteiger partial charge < -0.3 is 4.74 Å². The molecule has 3 amide bonds. The molecule has 3 aliphatic heterocycles. The summed E-state index contributed by atoms with van der Waals surface area (Å²) in [6, 6.07) is 26.3. The topological polar surface area (TPSA) is 107 Å². The van der Waals surface area contributed by atoms with Crippen LogP contribution in [-0.2, 0) is 14.4 Å². The Kier molecular flexibility index (Phi) is 6.73. The largest absolute Gasteiger partial charge is 0.497 e. The normalized spacial score (nSPS) is 21.1. The highest BCUT2D eigenvalue weighted by Gasteiger charge is 2.55. The summed E-state index contributed by atoms with van der Waals surface area (Å²) < 4.78 is 6.15. The highest BCUT2D eigenvalue weighted by Crippen LogP contribution is 2.36. The zero-order chi connectivity index (χ0) is 29.7. The molecule has 4 aromatic carbocycles. The second kappa shape index (κ2) is 10.7. The fourth-order valence-electron chi connectivity index (χ4n) is 5.78. The van der Waals surface area contributed by atoms with Crippen molar-refractivity contribution in [2.75, 3.05) is 18.6 Å². The summed E-state index contributed by atoms with van der Waals surface area (Å²) in [6.07, 6.45) is 0.499. The lowest BCUT2D eigenvalue weighted by molar-refractivity contribution is -0.135. The van der Waals surface area contributed by atoms with Crippen molar-refractivity contribution < 1.29 is 19.1 Å². The van der Waals surface area contributed by atoms with Crippen molar-refractivity contribution in [1.82, 2.24) is 10.0 Å². The van der Waals surface area contributed by atoms with Gasteiger partial charge in [-0.1, -0.05) is 69.7 Å². The van der Waals surface area contributed by atoms with Gasteiger partial charge in [0.15, 0.2) is 12.1 Å². The molecule has 0 unspecified atom stereocenters. The van der Waals surface area contributed by atoms with Gasteiger partial charge in [0, 0.05) is 10.9 Å². The molecule has 1 fully saturated rings. The van der Waals surface area contributed by atoms with Crippen LogP contribution in [0.25, 0.3) is 10.8 Å². The minimum absolute atomic E-state index is 0.265. The van der Waals surface area contributed by atoms with Crippen molar-refractivity contribution in [2.45, 2.75) is 24.5 Å². The summed E-state index contributed by atoms with van der Waals surface area (Å²) in [6.45, 7) is -0.265. The number of imide groups is 1. The maximum atomic E-state index is 13.9. The van der Waals surface area contributed by atoms with Gasteiger partial charge in [0.2, 0.25) is 0 Å². The van der Waals surface area contributed by atoms with E-state index >= 15 is 0 Å². The minimum Gasteiger partial charge on any atom is -0.497 e. The van der Waals surface area contributed by atoms with Crippen molar-refractivity contribution in [2.24, 2.45) is 15.4 Å². The zero-order valence-corrected chi connectivity index (χ0v) is 24.6. The molecule has 0 aliphatic carbocycles. The van der Waals surface area contributed by atoms with E-state index in [-0.39, 0.29) is 18.5 Å². The van der Waals surface area contributed by atoms with Crippen LogP contribution in [0.4, 0.5) is 5.69 Å². The van der Waals surface area contributed by atoms with Crippen LogP contribution in [-0.4, -0.2) is 59.2 Å². The van der Waals surface area contributed by atoms with Crippen molar-refractivity contribution >= 4 is 55.8 Å². The van der Waals surface area contributed by atoms with Crippen LogP contribution in [0, 0.1) is 0 Å². The van der Waals surface area contributed by atoms with Crippen molar-refractivity contribution in [3.05, 3.63) is 107 Å². The number of hydrogen-bond acceptors (Lipinski definition) is 8. The summed E-state index contributed by atoms with van der Waals surface area (Å²) in [7, 11) is 1.60. The van der Waals surface area contributed by atoms with E-state index in [9.17, 15) is 14.4 Å². The van der Waals surface area contributed by atoms with Gasteiger partial charge in [-0.15, -0.1) is 0 Å². The Morgan fingerprint density at radius 2 is 1.67 bits per heavy atom. The number of anilines is 1. The molecule has 4 aromatic rings. The number of carbonyl (C=O) groups is 3. The molecule has 0 N–H and O–H groups in total. The van der Waals surface area contributed by atoms with Crippen LogP contribution in [0.15, 0.2) is 111 Å². The lowest BCUT2D eigenvalue weighted by Crippen LogP contribution is -2.44. The van der Waals surface area contributed by atoms with Gasteiger partial charge >= 0.3 is 0 Å². The number of halogens is 1. The smallest absolute Gasteiger partial charge is 0.264 e. The first-order chi connectivity index (χ1) is 20.9. The lowest BCUT2D eigenvalue weighted by atomic mass is 9.97. The number of nitrogens with zero attached hydrogens (tertiary/aromatic N) is 6. The Balaban J connectivity index is 1.17. The number of benzene rings is 4. The molecule has 11 heteroatoms. The molecule has 3 atom stereocenters. The Labute approximate surface area is 255 Å². The summed E-state index contributed by atoms with van der Waals surface area (Å²) in [5.74, 6) is -0.592. The van der Waals surface area contributed by atoms with Crippen molar-refractivity contribution in [3.63, 3.8) is 0 Å². The molecular weight excluding hydrogens is 612 g/mol. The predicted octanol–water partition coefficient (Wildman–Crippen LogP) is 5.28. The van der Waals surface area contributed by atoms with Gasteiger partial charge in [0.25, 0.3) is 17.7 Å². The monoisotopic (exact) mass is 636 g/mol. The molecular formula is C32H25BrN6O4. The van der Waals surface area contributed by atoms with E-state index in [0.29, 0.717) is 17.9 Å². The Hall–Kier alpha value is -4.90. The second-order valence-electron chi connectivity index (χ2n) is 10.5. The van der Waals surface area contributed by atoms with Crippen LogP contribution < -0.4 is 9.64 Å². The number of methoxy groups -OCH3 is 1. The number of ether oxygens (including phenoxy) is 1. The van der Waals surface area contributed by atoms with Crippen molar-refractivity contribution in [3.8, 4) is 5.75 Å². The summed E-state index contributed by atoms with van der Waals surface area (Å²) in [5.41, 5.74) is 3.03. The number of fused-ring (bicyclic) bond motifs is 2. The van der Waals surface area contributed by atoms with Gasteiger partial charge in [-0.05, 0) is 64.4 Å². The van der Waals surface area contributed by atoms with Gasteiger partial charge in [0.1, 0.15) is 12.3 Å². The molecule has 0 saturated carbocycles. The van der Waals surface area contributed by atoms with E-state index in [1.54, 1.807) is 31.4 Å². The number of hydrogen-bond donors (Lipinski definition) is 0. The third kappa shape index (κ3) is 4.75. The SMILES string of the molecule is COc1ccc([C@H]2CC(c3ccc4ccccc4c3)=NN2C(=O)CN2N=N[C@@H]3C(=O)N(c4ccc(Br)cc4)C(=O)[C@H]32)cc1. The third-order valence-electron chi connectivity index (χ3n) is 7.99. The lowest BCUT2D eigenvalue weighted by Gasteiger charge is -2.25. The van der Waals surface area contributed by atoms with Gasteiger partial charge in [-0.2, -0.15) is 10.2 Å². The van der Waals surface area contributed by atoms with Gasteiger partial charge in [-0.25, -0.2) is 9.91 Å². The molecule has 0 radical (unpaired) electrons. The second-order valence-corrected chi connectivity index (χ2v) is 11.4. The predicted molar refractivity (Wildman–Crippen MR) is 163 cm³/mol. The van der Waals surface area contributed by atoms with Crippen LogP contribution in [0.5, 0.6) is 5.75 Å². The third-order valence-corrected chi connectivity index (χ3v) is 8.52. The zero-order valence-electron chi connectivity index (χ0n) is 23.0. The van der Waals surface area contributed by atoms with E-state index in [4.69, 9.17) is 9.84 Å². The summed E-state index contributed by atoms with van der Waals surface area (Å²) in [5, 5.41) is 17.9. The molecule has 10 nitrogen and oxygen atoms in total. The first kappa shape index (κ1) is 27.0. The molecule has 0 aromatic heterocycles. The maximum absolute atomic E-state index is 13.9. The van der Waals surface area contributed by atoms with Gasteiger partial charge in [0.05, 0.1) is 24.6 Å². The number of hydrazone groups is 1. The Morgan fingerprint density at radius 1 is 0.930 bits per heavy atom. The average Bonchev–Trinajstić information content (AvgIpc) is 3.73. The van der Waals surface area contributed by atoms with E-state index < -0.39 is 23.9 Å². The number of amides is 3. The highest BCUT2D eigenvalue weighted by molar-refractivity contribution is 9.10. The standard InChI is InChI=1S/C32H25BrN6O4/c1-43-25-14-8-20(9-15-25)27-17-26(22-7-6-19-4-2-3-5-21(19)16-22)35-39(27)28(40)18-37-30-29(34-36-37)31(41)38(32(30)42)24-12-10-23(33)11-13-24/h2-16,27,29-30H,17-18H2,1H3/t27-,29+,30+/m1/s1. The molecule has 1 saturated heterocycles. The molecule has 3 aliphatic rings. The summed E-state index contributed by atoms with van der Waals surface area (Å²) >= 11 is 3.37. The first-order valence-electron chi connectivity index (χ1n) is 13.7. The van der Waals surface area contributed by atoms with Crippen LogP contribution in [0.2, 0.25) is 0 Å². The van der Waals surface area contributed by atoms with Crippen LogP contribution in [0.1, 0.15) is 23.6 Å². The van der Waals surface area contributed by atoms with Crippen LogP contribution in [0.3, 0.4) is 0 Å². The molecule has 0 spiro atoms. The summed E-state index contributed by atoms with van der Waals surface area (Å²) in [4.78, 5) is 41.6.